The number of carbonyl (C=O) groups is 1. The topological polar surface area (TPSA) is 75.4 Å². The second-order valence-electron chi connectivity index (χ2n) is 7.54. The number of benzene rings is 1. The lowest BCUT2D eigenvalue weighted by Gasteiger charge is -2.21. The van der Waals surface area contributed by atoms with E-state index in [1.54, 1.807) is 4.52 Å². The number of aryl methyl sites for hydroxylation is 1. The van der Waals surface area contributed by atoms with Crippen LogP contribution in [0.15, 0.2) is 36.7 Å². The summed E-state index contributed by atoms with van der Waals surface area (Å²) in [6.07, 6.45) is 4.18. The Morgan fingerprint density at radius 3 is 2.78 bits per heavy atom. The quantitative estimate of drug-likeness (QED) is 0.770. The van der Waals surface area contributed by atoms with Crippen molar-refractivity contribution in [3.05, 3.63) is 53.5 Å². The highest BCUT2D eigenvalue weighted by atomic mass is 16.2. The molecule has 0 spiro atoms. The number of rotatable bonds is 3. The summed E-state index contributed by atoms with van der Waals surface area (Å²) < 4.78 is 1.71. The zero-order chi connectivity index (χ0) is 18.4. The monoisotopic (exact) mass is 362 g/mol. The molecule has 2 aromatic heterocycles. The second kappa shape index (κ2) is 6.33. The number of nitrogens with one attached hydrogen (secondary N) is 1. The summed E-state index contributed by atoms with van der Waals surface area (Å²) in [7, 11) is 0. The maximum Gasteiger partial charge on any atom is 0.254 e. The molecule has 27 heavy (non-hydrogen) atoms. The van der Waals surface area contributed by atoms with Crippen molar-refractivity contribution in [3.8, 4) is 0 Å². The minimum absolute atomic E-state index is 0.0892. The molecule has 2 aliphatic rings. The van der Waals surface area contributed by atoms with Crippen LogP contribution in [0.2, 0.25) is 0 Å². The molecule has 3 heterocycles. The highest BCUT2D eigenvalue weighted by Crippen LogP contribution is 2.29. The zero-order valence-electron chi connectivity index (χ0n) is 15.3. The van der Waals surface area contributed by atoms with Gasteiger partial charge in [-0.25, -0.2) is 4.98 Å². The van der Waals surface area contributed by atoms with Crippen LogP contribution in [-0.4, -0.2) is 49.5 Å². The predicted octanol–water partition coefficient (Wildman–Crippen LogP) is 1.86. The Labute approximate surface area is 157 Å². The van der Waals surface area contributed by atoms with Crippen molar-refractivity contribution >= 4 is 17.5 Å². The van der Waals surface area contributed by atoms with Gasteiger partial charge >= 0.3 is 0 Å². The number of hydrogen-bond donors (Lipinski definition) is 1. The molecule has 1 saturated heterocycles. The molecule has 0 radical (unpaired) electrons. The highest BCUT2D eigenvalue weighted by molar-refractivity contribution is 5.81. The summed E-state index contributed by atoms with van der Waals surface area (Å²) in [5.74, 6) is 1.84. The van der Waals surface area contributed by atoms with Crippen LogP contribution in [0, 0.1) is 12.8 Å². The van der Waals surface area contributed by atoms with Gasteiger partial charge in [0, 0.05) is 36.8 Å². The summed E-state index contributed by atoms with van der Waals surface area (Å²) in [4.78, 5) is 23.6. The third-order valence-corrected chi connectivity index (χ3v) is 5.63. The Kier molecular flexibility index (Phi) is 3.81. The van der Waals surface area contributed by atoms with Gasteiger partial charge in [-0.15, -0.1) is 0 Å². The molecule has 0 bridgehead atoms. The van der Waals surface area contributed by atoms with Gasteiger partial charge in [-0.3, -0.25) is 4.79 Å². The van der Waals surface area contributed by atoms with Crippen molar-refractivity contribution < 1.29 is 4.79 Å². The lowest BCUT2D eigenvalue weighted by atomic mass is 10.1. The Morgan fingerprint density at radius 2 is 2.00 bits per heavy atom. The van der Waals surface area contributed by atoms with Gasteiger partial charge in [0.25, 0.3) is 5.78 Å². The minimum atomic E-state index is 0.0892. The molecule has 1 atom stereocenters. The largest absolute Gasteiger partial charge is 0.365 e. The second-order valence-corrected chi connectivity index (χ2v) is 7.54. The molecule has 3 aromatic rings. The third kappa shape index (κ3) is 2.93. The SMILES string of the molecule is Cc1cc(N[C@@H]2CCN(C(=O)C3Cc4ccccc4C3)C2)n2ncnc2n1. The molecule has 5 rings (SSSR count). The fourth-order valence-electron chi connectivity index (χ4n) is 4.31. The van der Waals surface area contributed by atoms with Crippen molar-refractivity contribution in [1.82, 2.24) is 24.5 Å². The number of carbonyl (C=O) groups excluding carboxylic acids is 1. The van der Waals surface area contributed by atoms with E-state index in [1.165, 1.54) is 17.5 Å². The van der Waals surface area contributed by atoms with E-state index >= 15 is 0 Å². The molecule has 0 unspecified atom stereocenters. The summed E-state index contributed by atoms with van der Waals surface area (Å²) in [6, 6.07) is 10.6. The maximum absolute atomic E-state index is 13.0. The van der Waals surface area contributed by atoms with Gasteiger partial charge in [-0.2, -0.15) is 14.6 Å². The van der Waals surface area contributed by atoms with Crippen LogP contribution in [0.5, 0.6) is 0 Å². The number of nitrogens with zero attached hydrogens (tertiary/aromatic N) is 5. The number of hydrogen-bond acceptors (Lipinski definition) is 5. The van der Waals surface area contributed by atoms with E-state index in [1.807, 2.05) is 17.9 Å². The van der Waals surface area contributed by atoms with E-state index in [0.717, 1.165) is 43.9 Å². The van der Waals surface area contributed by atoms with E-state index in [0.29, 0.717) is 5.78 Å². The smallest absolute Gasteiger partial charge is 0.254 e. The van der Waals surface area contributed by atoms with Gasteiger partial charge in [0.15, 0.2) is 0 Å². The third-order valence-electron chi connectivity index (χ3n) is 5.63. The predicted molar refractivity (Wildman–Crippen MR) is 101 cm³/mol. The molecule has 138 valence electrons. The van der Waals surface area contributed by atoms with Gasteiger partial charge in [0.2, 0.25) is 5.91 Å². The standard InChI is InChI=1S/C20H22N6O/c1-13-8-18(26-20(23-13)21-12-22-26)24-17-6-7-25(11-17)19(27)16-9-14-4-2-3-5-15(14)10-16/h2-5,8,12,16-17,24H,6-7,9-11H2,1H3/t17-/m1/s1. The fourth-order valence-corrected chi connectivity index (χ4v) is 4.31. The number of amides is 1. The van der Waals surface area contributed by atoms with Crippen molar-refractivity contribution in [2.75, 3.05) is 18.4 Å². The normalized spacial score (nSPS) is 19.6. The molecule has 1 fully saturated rings. The van der Waals surface area contributed by atoms with Crippen molar-refractivity contribution in [3.63, 3.8) is 0 Å². The summed E-state index contributed by atoms with van der Waals surface area (Å²) in [6.45, 7) is 3.47. The Hall–Kier alpha value is -2.96. The Bertz CT molecular complexity index is 988. The van der Waals surface area contributed by atoms with Crippen LogP contribution < -0.4 is 5.32 Å². The van der Waals surface area contributed by atoms with Crippen molar-refractivity contribution in [2.24, 2.45) is 5.92 Å². The van der Waals surface area contributed by atoms with E-state index in [2.05, 4.69) is 44.6 Å². The van der Waals surface area contributed by atoms with Crippen molar-refractivity contribution in [2.45, 2.75) is 32.2 Å². The van der Waals surface area contributed by atoms with Gasteiger partial charge in [0.05, 0.1) is 0 Å². The number of fused-ring (bicyclic) bond motifs is 2. The first kappa shape index (κ1) is 16.2. The van der Waals surface area contributed by atoms with Gasteiger partial charge < -0.3 is 10.2 Å². The zero-order valence-corrected chi connectivity index (χ0v) is 15.3. The molecule has 1 aliphatic heterocycles. The Morgan fingerprint density at radius 1 is 1.22 bits per heavy atom. The van der Waals surface area contributed by atoms with Crippen LogP contribution in [0.25, 0.3) is 5.78 Å². The number of likely N-dealkylation sites (tertiary alicyclic amines) is 1. The summed E-state index contributed by atoms with van der Waals surface area (Å²) in [5.41, 5.74) is 3.55. The highest BCUT2D eigenvalue weighted by Gasteiger charge is 2.34. The van der Waals surface area contributed by atoms with Crippen LogP contribution in [-0.2, 0) is 17.6 Å². The van der Waals surface area contributed by atoms with Crippen LogP contribution in [0.3, 0.4) is 0 Å². The molecular formula is C20H22N6O. The lowest BCUT2D eigenvalue weighted by Crippen LogP contribution is -2.36. The lowest BCUT2D eigenvalue weighted by molar-refractivity contribution is -0.134. The first-order valence-electron chi connectivity index (χ1n) is 9.47. The van der Waals surface area contributed by atoms with E-state index < -0.39 is 0 Å². The van der Waals surface area contributed by atoms with Gasteiger partial charge in [-0.1, -0.05) is 24.3 Å². The molecule has 1 aliphatic carbocycles. The molecule has 1 amide bonds. The summed E-state index contributed by atoms with van der Waals surface area (Å²) >= 11 is 0. The Balaban J connectivity index is 1.26. The van der Waals surface area contributed by atoms with E-state index in [9.17, 15) is 4.79 Å². The average molecular weight is 362 g/mol. The number of aromatic nitrogens is 4. The minimum Gasteiger partial charge on any atom is -0.365 e. The molecular weight excluding hydrogens is 340 g/mol. The van der Waals surface area contributed by atoms with Gasteiger partial charge in [0.1, 0.15) is 12.1 Å². The average Bonchev–Trinajstić information content (AvgIpc) is 3.39. The van der Waals surface area contributed by atoms with Crippen LogP contribution in [0.4, 0.5) is 5.82 Å². The number of anilines is 1. The van der Waals surface area contributed by atoms with Gasteiger partial charge in [-0.05, 0) is 37.3 Å². The van der Waals surface area contributed by atoms with Crippen LogP contribution >= 0.6 is 0 Å². The molecule has 7 nitrogen and oxygen atoms in total. The molecule has 7 heteroatoms. The molecule has 1 aromatic carbocycles. The maximum atomic E-state index is 13.0. The van der Waals surface area contributed by atoms with Crippen molar-refractivity contribution in [1.29, 1.82) is 0 Å². The molecule has 1 N–H and O–H groups in total. The van der Waals surface area contributed by atoms with E-state index in [-0.39, 0.29) is 17.9 Å². The summed E-state index contributed by atoms with van der Waals surface area (Å²) in [5, 5.41) is 7.77. The first-order valence-corrected chi connectivity index (χ1v) is 9.47. The fraction of sp³-hybridized carbons (Fsp3) is 0.400. The van der Waals surface area contributed by atoms with E-state index in [4.69, 9.17) is 0 Å². The first-order chi connectivity index (χ1) is 13.2. The van der Waals surface area contributed by atoms with Crippen LogP contribution in [0.1, 0.15) is 23.2 Å². The molecule has 0 saturated carbocycles.